The smallest absolute Gasteiger partial charge is 0.0343 e. The minimum absolute atomic E-state index is 0.650. The average molecular weight is 226 g/mol. The van der Waals surface area contributed by atoms with Crippen LogP contribution in [0.4, 0.5) is 0 Å². The molecule has 0 aliphatic carbocycles. The van der Waals surface area contributed by atoms with Crippen LogP contribution in [0.2, 0.25) is 0 Å². The molecular formula is C17H22. The molecule has 0 saturated carbocycles. The lowest BCUT2D eigenvalue weighted by Crippen LogP contribution is -1.84. The lowest BCUT2D eigenvalue weighted by Gasteiger charge is -2.02. The van der Waals surface area contributed by atoms with E-state index in [9.17, 15) is 0 Å². The van der Waals surface area contributed by atoms with Crippen LogP contribution in [0, 0.1) is 12.3 Å². The van der Waals surface area contributed by atoms with Gasteiger partial charge < -0.3 is 0 Å². The van der Waals surface area contributed by atoms with Crippen molar-refractivity contribution in [1.29, 1.82) is 0 Å². The maximum absolute atomic E-state index is 5.39. The molecule has 0 rings (SSSR count). The molecule has 0 heteroatoms. The Bertz CT molecular complexity index is 367. The Hall–Kier alpha value is -1.74. The molecule has 0 radical (unpaired) electrons. The standard InChI is InChI=1S/C17H22/c1-5-9-11-15-17(14-10-6-2)16(12-7-3)13-8-4/h3,6,8,10-11,13-15H,2,5,9,12H2,1,4H3/b13-8+,14-10-,15-11-,17-16+. The zero-order chi connectivity index (χ0) is 12.9. The van der Waals surface area contributed by atoms with E-state index in [1.165, 1.54) is 5.57 Å². The fourth-order valence-electron chi connectivity index (χ4n) is 1.39. The molecular weight excluding hydrogens is 204 g/mol. The molecule has 0 spiro atoms. The summed E-state index contributed by atoms with van der Waals surface area (Å²) in [5, 5.41) is 0. The second-order valence-electron chi connectivity index (χ2n) is 3.65. The van der Waals surface area contributed by atoms with Crippen LogP contribution in [0.25, 0.3) is 0 Å². The highest BCUT2D eigenvalue weighted by molar-refractivity contribution is 5.43. The third-order valence-electron chi connectivity index (χ3n) is 2.20. The molecule has 0 atom stereocenters. The Morgan fingerprint density at radius 1 is 1.29 bits per heavy atom. The number of rotatable bonds is 7. The van der Waals surface area contributed by atoms with E-state index in [-0.39, 0.29) is 0 Å². The summed E-state index contributed by atoms with van der Waals surface area (Å²) in [6.07, 6.45) is 22.4. The van der Waals surface area contributed by atoms with Gasteiger partial charge in [-0.3, -0.25) is 0 Å². The van der Waals surface area contributed by atoms with Crippen LogP contribution in [0.15, 0.2) is 60.3 Å². The van der Waals surface area contributed by atoms with Crippen molar-refractivity contribution in [2.75, 3.05) is 0 Å². The van der Waals surface area contributed by atoms with Crippen LogP contribution >= 0.6 is 0 Å². The van der Waals surface area contributed by atoms with Gasteiger partial charge in [0.1, 0.15) is 0 Å². The van der Waals surface area contributed by atoms with Gasteiger partial charge in [0.2, 0.25) is 0 Å². The molecule has 0 nitrogen and oxygen atoms in total. The van der Waals surface area contributed by atoms with E-state index in [1.807, 2.05) is 25.2 Å². The maximum atomic E-state index is 5.39. The fraction of sp³-hybridized carbons (Fsp3) is 0.294. The van der Waals surface area contributed by atoms with E-state index in [1.54, 1.807) is 6.08 Å². The lowest BCUT2D eigenvalue weighted by molar-refractivity contribution is 0.958. The topological polar surface area (TPSA) is 0 Å². The number of terminal acetylenes is 1. The minimum atomic E-state index is 0.650. The van der Waals surface area contributed by atoms with Gasteiger partial charge in [0.15, 0.2) is 0 Å². The quantitative estimate of drug-likeness (QED) is 0.424. The van der Waals surface area contributed by atoms with Crippen LogP contribution in [0.3, 0.4) is 0 Å². The maximum Gasteiger partial charge on any atom is 0.0343 e. The van der Waals surface area contributed by atoms with Crippen molar-refractivity contribution in [2.24, 2.45) is 0 Å². The van der Waals surface area contributed by atoms with Crippen LogP contribution < -0.4 is 0 Å². The highest BCUT2D eigenvalue weighted by atomic mass is 14.0. The van der Waals surface area contributed by atoms with E-state index < -0.39 is 0 Å². The summed E-state index contributed by atoms with van der Waals surface area (Å²) in [4.78, 5) is 0. The zero-order valence-electron chi connectivity index (χ0n) is 10.9. The van der Waals surface area contributed by atoms with Gasteiger partial charge in [-0.1, -0.05) is 62.5 Å². The first-order chi connectivity index (χ1) is 8.29. The van der Waals surface area contributed by atoms with Gasteiger partial charge in [-0.2, -0.15) is 0 Å². The SMILES string of the molecule is C#CCC(/C=C/C)=C(/C=C\C=C)\C=C/CCC. The monoisotopic (exact) mass is 226 g/mol. The second kappa shape index (κ2) is 10.8. The molecule has 0 N–H and O–H groups in total. The third kappa shape index (κ3) is 7.19. The summed E-state index contributed by atoms with van der Waals surface area (Å²) in [6.45, 7) is 7.86. The average Bonchev–Trinajstić information content (AvgIpc) is 2.33. The number of hydrogen-bond donors (Lipinski definition) is 0. The van der Waals surface area contributed by atoms with Crippen LogP contribution in [-0.4, -0.2) is 0 Å². The summed E-state index contributed by atoms with van der Waals surface area (Å²) in [5.74, 6) is 2.70. The first-order valence-corrected chi connectivity index (χ1v) is 6.05. The summed E-state index contributed by atoms with van der Waals surface area (Å²) < 4.78 is 0. The van der Waals surface area contributed by atoms with E-state index in [0.717, 1.165) is 18.4 Å². The summed E-state index contributed by atoms with van der Waals surface area (Å²) >= 11 is 0. The predicted octanol–water partition coefficient (Wildman–Crippen LogP) is 4.98. The highest BCUT2D eigenvalue weighted by Gasteiger charge is 1.96. The van der Waals surface area contributed by atoms with E-state index in [0.29, 0.717) is 6.42 Å². The van der Waals surface area contributed by atoms with Crippen molar-refractivity contribution < 1.29 is 0 Å². The van der Waals surface area contributed by atoms with Crippen molar-refractivity contribution in [3.8, 4) is 12.3 Å². The largest absolute Gasteiger partial charge is 0.120 e. The first kappa shape index (κ1) is 15.3. The predicted molar refractivity (Wildman–Crippen MR) is 78.7 cm³/mol. The van der Waals surface area contributed by atoms with Crippen molar-refractivity contribution in [3.63, 3.8) is 0 Å². The van der Waals surface area contributed by atoms with Gasteiger partial charge in [0.25, 0.3) is 0 Å². The molecule has 17 heavy (non-hydrogen) atoms. The van der Waals surface area contributed by atoms with Crippen LogP contribution in [0.1, 0.15) is 33.1 Å². The fourth-order valence-corrected chi connectivity index (χ4v) is 1.39. The highest BCUT2D eigenvalue weighted by Crippen LogP contribution is 2.14. The third-order valence-corrected chi connectivity index (χ3v) is 2.20. The number of hydrogen-bond acceptors (Lipinski definition) is 0. The Morgan fingerprint density at radius 2 is 2.06 bits per heavy atom. The Labute approximate surface area is 106 Å². The minimum Gasteiger partial charge on any atom is -0.120 e. The van der Waals surface area contributed by atoms with E-state index in [2.05, 4.69) is 37.7 Å². The zero-order valence-corrected chi connectivity index (χ0v) is 10.9. The Kier molecular flexibility index (Phi) is 9.67. The molecule has 0 saturated heterocycles. The van der Waals surface area contributed by atoms with Crippen molar-refractivity contribution >= 4 is 0 Å². The molecule has 0 aliphatic rings. The molecule has 0 aromatic rings. The van der Waals surface area contributed by atoms with Crippen molar-refractivity contribution in [1.82, 2.24) is 0 Å². The first-order valence-electron chi connectivity index (χ1n) is 6.05. The number of allylic oxidation sites excluding steroid dienone is 9. The van der Waals surface area contributed by atoms with Gasteiger partial charge >= 0.3 is 0 Å². The van der Waals surface area contributed by atoms with Gasteiger partial charge in [-0.15, -0.1) is 12.3 Å². The van der Waals surface area contributed by atoms with Gasteiger partial charge in [-0.05, 0) is 24.5 Å². The van der Waals surface area contributed by atoms with Gasteiger partial charge in [0, 0.05) is 6.42 Å². The summed E-state index contributed by atoms with van der Waals surface area (Å²) in [5.41, 5.74) is 2.33. The molecule has 0 amide bonds. The molecule has 0 unspecified atom stereocenters. The summed E-state index contributed by atoms with van der Waals surface area (Å²) in [7, 11) is 0. The molecule has 0 aromatic heterocycles. The molecule has 0 aromatic carbocycles. The van der Waals surface area contributed by atoms with Crippen molar-refractivity contribution in [2.45, 2.75) is 33.1 Å². The Balaban J connectivity index is 5.19. The second-order valence-corrected chi connectivity index (χ2v) is 3.65. The van der Waals surface area contributed by atoms with Crippen LogP contribution in [0.5, 0.6) is 0 Å². The van der Waals surface area contributed by atoms with E-state index in [4.69, 9.17) is 6.42 Å². The molecule has 0 heterocycles. The molecule has 0 bridgehead atoms. The number of unbranched alkanes of at least 4 members (excludes halogenated alkanes) is 1. The molecule has 0 fully saturated rings. The molecule has 90 valence electrons. The molecule has 0 aliphatic heterocycles. The van der Waals surface area contributed by atoms with E-state index >= 15 is 0 Å². The lowest BCUT2D eigenvalue weighted by atomic mass is 10.0. The van der Waals surface area contributed by atoms with Gasteiger partial charge in [0.05, 0.1) is 0 Å². The van der Waals surface area contributed by atoms with Crippen LogP contribution in [-0.2, 0) is 0 Å². The van der Waals surface area contributed by atoms with Gasteiger partial charge in [-0.25, -0.2) is 0 Å². The normalized spacial score (nSPS) is 13.2. The van der Waals surface area contributed by atoms with Crippen molar-refractivity contribution in [3.05, 3.63) is 60.3 Å². The Morgan fingerprint density at radius 3 is 2.59 bits per heavy atom. The summed E-state index contributed by atoms with van der Waals surface area (Å²) in [6, 6.07) is 0.